The fourth-order valence-corrected chi connectivity index (χ4v) is 5.26. The van der Waals surface area contributed by atoms with Crippen molar-refractivity contribution < 1.29 is 47.5 Å². The Kier molecular flexibility index (Phi) is 10.2. The van der Waals surface area contributed by atoms with E-state index in [1.165, 1.54) is 26.5 Å². The van der Waals surface area contributed by atoms with E-state index < -0.39 is 78.1 Å². The number of amides is 1. The normalized spacial score (nSPS) is 30.7. The number of aromatic nitrogens is 2. The number of H-pyrrole nitrogens is 1. The molecule has 4 heterocycles. The molecule has 234 valence electrons. The van der Waals surface area contributed by atoms with Gasteiger partial charge in [0.15, 0.2) is 24.2 Å². The number of primary amides is 1. The fraction of sp³-hybridized carbons (Fsp3) is 0.704. The summed E-state index contributed by atoms with van der Waals surface area (Å²) in [5, 5.41) is 0. The number of nitrogens with one attached hydrogen (secondary N) is 1. The van der Waals surface area contributed by atoms with Crippen molar-refractivity contribution in [2.75, 3.05) is 20.8 Å². The second kappa shape index (κ2) is 13.5. The zero-order valence-corrected chi connectivity index (χ0v) is 24.3. The van der Waals surface area contributed by atoms with Gasteiger partial charge in [-0.15, -0.1) is 0 Å². The van der Waals surface area contributed by atoms with Crippen LogP contribution in [0.3, 0.4) is 0 Å². The van der Waals surface area contributed by atoms with Crippen molar-refractivity contribution >= 4 is 11.9 Å². The van der Waals surface area contributed by atoms with Gasteiger partial charge in [0, 0.05) is 26.0 Å². The summed E-state index contributed by atoms with van der Waals surface area (Å²) in [6, 6.07) is 1.16. The number of esters is 1. The van der Waals surface area contributed by atoms with Crippen molar-refractivity contribution in [3.05, 3.63) is 44.9 Å². The molecule has 0 saturated carbocycles. The molecule has 1 aromatic rings. The van der Waals surface area contributed by atoms with Crippen LogP contribution in [0.2, 0.25) is 0 Å². The number of unbranched alkanes of at least 4 members (excludes halogenated alkanes) is 3. The van der Waals surface area contributed by atoms with E-state index in [9.17, 15) is 19.2 Å². The van der Waals surface area contributed by atoms with Crippen molar-refractivity contribution in [2.45, 2.75) is 101 Å². The highest BCUT2D eigenvalue weighted by Gasteiger charge is 2.55. The molecule has 0 unspecified atom stereocenters. The first-order valence-electron chi connectivity index (χ1n) is 13.9. The van der Waals surface area contributed by atoms with Crippen molar-refractivity contribution in [1.82, 2.24) is 9.55 Å². The van der Waals surface area contributed by atoms with Crippen LogP contribution < -0.4 is 17.0 Å². The minimum Gasteiger partial charge on any atom is -0.463 e. The largest absolute Gasteiger partial charge is 0.463 e. The van der Waals surface area contributed by atoms with Gasteiger partial charge in [-0.2, -0.15) is 0 Å². The first-order chi connectivity index (χ1) is 20.0. The predicted molar refractivity (Wildman–Crippen MR) is 143 cm³/mol. The Hall–Kier alpha value is -3.08. The Labute approximate surface area is 242 Å². The molecule has 0 aromatic carbocycles. The molecule has 3 aliphatic heterocycles. The summed E-state index contributed by atoms with van der Waals surface area (Å²) in [5.41, 5.74) is 4.47. The van der Waals surface area contributed by atoms with Gasteiger partial charge in [-0.25, -0.2) is 9.59 Å². The second-order valence-electron chi connectivity index (χ2n) is 10.6. The van der Waals surface area contributed by atoms with Crippen LogP contribution in [0.5, 0.6) is 0 Å². The van der Waals surface area contributed by atoms with Crippen molar-refractivity contribution in [3.8, 4) is 0 Å². The Morgan fingerprint density at radius 1 is 1.14 bits per heavy atom. The Morgan fingerprint density at radius 2 is 1.90 bits per heavy atom. The average Bonchev–Trinajstić information content (AvgIpc) is 3.46. The summed E-state index contributed by atoms with van der Waals surface area (Å²) in [6.45, 7) is 5.76. The number of nitrogens with two attached hydrogens (primary N) is 1. The van der Waals surface area contributed by atoms with E-state index in [4.69, 9.17) is 43.6 Å². The summed E-state index contributed by atoms with van der Waals surface area (Å²) < 4.78 is 47.7. The third kappa shape index (κ3) is 6.93. The number of aromatic amines is 1. The number of hydrogen-bond acceptors (Lipinski definition) is 12. The van der Waals surface area contributed by atoms with Gasteiger partial charge in [-0.3, -0.25) is 19.1 Å². The summed E-state index contributed by atoms with van der Waals surface area (Å²) in [6.07, 6.45) is -2.30. The van der Waals surface area contributed by atoms with Crippen LogP contribution in [0, 0.1) is 0 Å². The highest BCUT2D eigenvalue weighted by Crippen LogP contribution is 2.39. The fourth-order valence-electron chi connectivity index (χ4n) is 5.26. The lowest BCUT2D eigenvalue weighted by atomic mass is 10.0. The number of carbonyl (C=O) groups excluding carboxylic acids is 2. The molecule has 2 fully saturated rings. The lowest BCUT2D eigenvalue weighted by Crippen LogP contribution is -2.53. The predicted octanol–water partition coefficient (Wildman–Crippen LogP) is 0.218. The molecule has 8 atom stereocenters. The topological polar surface area (TPSA) is 189 Å². The van der Waals surface area contributed by atoms with Gasteiger partial charge in [0.1, 0.15) is 24.4 Å². The molecule has 15 nitrogen and oxygen atoms in total. The molecule has 0 radical (unpaired) electrons. The van der Waals surface area contributed by atoms with Crippen molar-refractivity contribution in [3.63, 3.8) is 0 Å². The smallest absolute Gasteiger partial charge is 0.373 e. The third-order valence-corrected chi connectivity index (χ3v) is 7.17. The molecule has 3 N–H and O–H groups in total. The van der Waals surface area contributed by atoms with Gasteiger partial charge in [-0.1, -0.05) is 26.2 Å². The molecule has 3 aliphatic rings. The second-order valence-corrected chi connectivity index (χ2v) is 10.6. The van der Waals surface area contributed by atoms with E-state index in [-0.39, 0.29) is 5.76 Å². The highest BCUT2D eigenvalue weighted by atomic mass is 16.8. The molecule has 0 aliphatic carbocycles. The van der Waals surface area contributed by atoms with Crippen LogP contribution in [0.15, 0.2) is 33.7 Å². The molecule has 15 heteroatoms. The zero-order chi connectivity index (χ0) is 30.6. The number of carbonyl (C=O) groups is 2. The van der Waals surface area contributed by atoms with Gasteiger partial charge in [-0.05, 0) is 26.3 Å². The van der Waals surface area contributed by atoms with E-state index in [1.54, 1.807) is 13.8 Å². The maximum Gasteiger partial charge on any atom is 0.373 e. The van der Waals surface area contributed by atoms with Gasteiger partial charge >= 0.3 is 11.7 Å². The molecule has 1 amide bonds. The lowest BCUT2D eigenvalue weighted by Gasteiger charge is -2.34. The first kappa shape index (κ1) is 31.8. The average molecular weight is 598 g/mol. The van der Waals surface area contributed by atoms with Crippen molar-refractivity contribution in [2.24, 2.45) is 5.73 Å². The molecular weight excluding hydrogens is 558 g/mol. The van der Waals surface area contributed by atoms with E-state index in [0.717, 1.165) is 36.3 Å². The van der Waals surface area contributed by atoms with E-state index >= 15 is 0 Å². The minimum absolute atomic E-state index is 0.199. The number of nitrogens with zero attached hydrogens (tertiary/aromatic N) is 1. The van der Waals surface area contributed by atoms with E-state index in [0.29, 0.717) is 6.61 Å². The van der Waals surface area contributed by atoms with Gasteiger partial charge in [0.2, 0.25) is 18.0 Å². The Morgan fingerprint density at radius 3 is 2.55 bits per heavy atom. The standard InChI is InChI=1S/C27H39N3O12/c1-6-7-8-9-12-37-21-18(35-4)19(39-23(21)30-11-10-16(31)29-26(30)34)20(22(28)32)40-25-17-14(41-27(2,3)42-17)13-15(38-25)24(33)36-5/h10-11,13-14,17-21,23,25H,6-9,12H2,1-5H3,(H2,28,32)(H,29,31,34)/t14-,17-,18+,19-,20+,21+,23+,25+/m0/s1. The van der Waals surface area contributed by atoms with E-state index in [2.05, 4.69) is 11.9 Å². The minimum atomic E-state index is -1.53. The molecule has 42 heavy (non-hydrogen) atoms. The number of methoxy groups -OCH3 is 2. The molecule has 4 rings (SSSR count). The third-order valence-electron chi connectivity index (χ3n) is 7.17. The molecule has 0 bridgehead atoms. The number of fused-ring (bicyclic) bond motifs is 1. The number of rotatable bonds is 13. The molecular formula is C27H39N3O12. The van der Waals surface area contributed by atoms with Gasteiger partial charge < -0.3 is 43.6 Å². The van der Waals surface area contributed by atoms with Crippen LogP contribution >= 0.6 is 0 Å². The summed E-state index contributed by atoms with van der Waals surface area (Å²) in [4.78, 5) is 51.9. The quantitative estimate of drug-likeness (QED) is 0.233. The molecule has 0 spiro atoms. The monoisotopic (exact) mass is 597 g/mol. The zero-order valence-electron chi connectivity index (χ0n) is 24.3. The Bertz CT molecular complexity index is 1260. The van der Waals surface area contributed by atoms with Crippen LogP contribution in [-0.4, -0.2) is 91.0 Å². The summed E-state index contributed by atoms with van der Waals surface area (Å²) in [5.74, 6) is -2.98. The maximum atomic E-state index is 12.9. The summed E-state index contributed by atoms with van der Waals surface area (Å²) in [7, 11) is 2.58. The highest BCUT2D eigenvalue weighted by molar-refractivity contribution is 5.86. The van der Waals surface area contributed by atoms with Gasteiger partial charge in [0.25, 0.3) is 5.56 Å². The SMILES string of the molecule is CCCCCCO[C@@H]1[C@H](OC)[C@@H]([C@@H](O[C@H]2OC(C(=O)OC)=C[C@@H]3OC(C)(C)O[C@H]23)C(N)=O)O[C@H]1n1ccc(=O)[nH]c1=O. The maximum absolute atomic E-state index is 12.9. The van der Waals surface area contributed by atoms with Crippen molar-refractivity contribution in [1.29, 1.82) is 0 Å². The number of hydrogen-bond donors (Lipinski definition) is 2. The van der Waals surface area contributed by atoms with Crippen LogP contribution in [0.1, 0.15) is 52.7 Å². The van der Waals surface area contributed by atoms with Crippen LogP contribution in [-0.2, 0) is 47.5 Å². The van der Waals surface area contributed by atoms with Crippen LogP contribution in [0.25, 0.3) is 0 Å². The lowest BCUT2D eigenvalue weighted by molar-refractivity contribution is -0.242. The summed E-state index contributed by atoms with van der Waals surface area (Å²) >= 11 is 0. The van der Waals surface area contributed by atoms with Gasteiger partial charge in [0.05, 0.1) is 7.11 Å². The molecule has 1 aromatic heterocycles. The first-order valence-corrected chi connectivity index (χ1v) is 13.9. The molecule has 2 saturated heterocycles. The van der Waals surface area contributed by atoms with Crippen LogP contribution in [0.4, 0.5) is 0 Å². The number of ether oxygens (including phenoxy) is 8. The Balaban J connectivity index is 1.64. The van der Waals surface area contributed by atoms with E-state index in [1.807, 2.05) is 0 Å².